The van der Waals surface area contributed by atoms with Crippen LogP contribution in [0.4, 0.5) is 5.69 Å². The molecule has 0 atom stereocenters. The Morgan fingerprint density at radius 3 is 2.41 bits per heavy atom. The first-order chi connectivity index (χ1) is 12.5. The molecule has 5 nitrogen and oxygen atoms in total. The highest BCUT2D eigenvalue weighted by atomic mass is 127. The van der Waals surface area contributed by atoms with Crippen LogP contribution in [0.15, 0.2) is 47.5 Å². The fraction of sp³-hybridized carbons (Fsp3) is 0.333. The Morgan fingerprint density at radius 1 is 1.07 bits per heavy atom. The molecule has 0 aliphatic carbocycles. The lowest BCUT2D eigenvalue weighted by Crippen LogP contribution is -2.24. The second-order valence-electron chi connectivity index (χ2n) is 6.43. The number of hydrogen-bond acceptors (Lipinski definition) is 2. The number of aliphatic imine (C=N–C) groups is 1. The lowest BCUT2D eigenvalue weighted by Gasteiger charge is -2.08. The SMILES string of the molecule is CCCCNC(=O)c1ccc(CN=C(N)Nc2ccc(C)c(C)c2)cc1.I. The van der Waals surface area contributed by atoms with E-state index in [-0.39, 0.29) is 29.9 Å². The van der Waals surface area contributed by atoms with Crippen molar-refractivity contribution in [3.05, 3.63) is 64.7 Å². The van der Waals surface area contributed by atoms with Crippen LogP contribution in [0.5, 0.6) is 0 Å². The molecule has 0 aromatic heterocycles. The molecule has 0 saturated carbocycles. The van der Waals surface area contributed by atoms with Gasteiger partial charge < -0.3 is 16.4 Å². The molecular formula is C21H29IN4O. The lowest BCUT2D eigenvalue weighted by atomic mass is 10.1. The maximum absolute atomic E-state index is 12.0. The number of nitrogens with two attached hydrogens (primary N) is 1. The van der Waals surface area contributed by atoms with Crippen LogP contribution in [0, 0.1) is 13.8 Å². The van der Waals surface area contributed by atoms with Crippen molar-refractivity contribution in [3.8, 4) is 0 Å². The summed E-state index contributed by atoms with van der Waals surface area (Å²) in [5.41, 5.74) is 11.0. The van der Waals surface area contributed by atoms with Gasteiger partial charge in [0.15, 0.2) is 5.96 Å². The minimum absolute atomic E-state index is 0. The van der Waals surface area contributed by atoms with E-state index in [1.807, 2.05) is 36.4 Å². The summed E-state index contributed by atoms with van der Waals surface area (Å²) in [6, 6.07) is 13.5. The van der Waals surface area contributed by atoms with Crippen molar-refractivity contribution in [3.63, 3.8) is 0 Å². The predicted octanol–water partition coefficient (Wildman–Crippen LogP) is 4.38. The topological polar surface area (TPSA) is 79.5 Å². The Morgan fingerprint density at radius 2 is 1.78 bits per heavy atom. The lowest BCUT2D eigenvalue weighted by molar-refractivity contribution is 0.0953. The number of carbonyl (C=O) groups is 1. The molecule has 0 saturated heterocycles. The zero-order chi connectivity index (χ0) is 18.9. The number of benzene rings is 2. The van der Waals surface area contributed by atoms with Crippen LogP contribution in [0.25, 0.3) is 0 Å². The van der Waals surface area contributed by atoms with E-state index in [9.17, 15) is 4.79 Å². The highest BCUT2D eigenvalue weighted by Crippen LogP contribution is 2.14. The van der Waals surface area contributed by atoms with Crippen LogP contribution in [-0.4, -0.2) is 18.4 Å². The Labute approximate surface area is 178 Å². The molecule has 6 heteroatoms. The van der Waals surface area contributed by atoms with E-state index in [0.717, 1.165) is 24.1 Å². The van der Waals surface area contributed by atoms with E-state index < -0.39 is 0 Å². The number of unbranched alkanes of at least 4 members (excludes halogenated alkanes) is 1. The maximum Gasteiger partial charge on any atom is 0.251 e. The third kappa shape index (κ3) is 7.58. The minimum atomic E-state index is -0.0376. The molecule has 0 radical (unpaired) electrons. The van der Waals surface area contributed by atoms with E-state index in [4.69, 9.17) is 5.73 Å². The van der Waals surface area contributed by atoms with Gasteiger partial charge in [-0.05, 0) is 61.2 Å². The first kappa shape index (κ1) is 23.0. The summed E-state index contributed by atoms with van der Waals surface area (Å²) in [5, 5.41) is 6.01. The highest BCUT2D eigenvalue weighted by Gasteiger charge is 2.04. The molecular weight excluding hydrogens is 451 g/mol. The number of rotatable bonds is 7. The van der Waals surface area contributed by atoms with Crippen molar-refractivity contribution in [1.82, 2.24) is 5.32 Å². The third-order valence-electron chi connectivity index (χ3n) is 4.24. The smallest absolute Gasteiger partial charge is 0.251 e. The monoisotopic (exact) mass is 480 g/mol. The average molecular weight is 480 g/mol. The van der Waals surface area contributed by atoms with Gasteiger partial charge in [-0.3, -0.25) is 4.79 Å². The van der Waals surface area contributed by atoms with E-state index in [1.165, 1.54) is 11.1 Å². The van der Waals surface area contributed by atoms with Gasteiger partial charge in [0.2, 0.25) is 0 Å². The maximum atomic E-state index is 12.0. The Hall–Kier alpha value is -2.09. The van der Waals surface area contributed by atoms with Crippen LogP contribution in [0.1, 0.15) is 46.8 Å². The summed E-state index contributed by atoms with van der Waals surface area (Å²) < 4.78 is 0. The molecule has 0 unspecified atom stereocenters. The number of aryl methyl sites for hydroxylation is 2. The molecule has 0 aliphatic heterocycles. The molecule has 2 rings (SSSR count). The van der Waals surface area contributed by atoms with Gasteiger partial charge in [-0.1, -0.05) is 31.5 Å². The van der Waals surface area contributed by atoms with Crippen molar-refractivity contribution in [1.29, 1.82) is 0 Å². The number of anilines is 1. The second kappa shape index (κ2) is 11.6. The Kier molecular flexibility index (Phi) is 9.85. The number of carbonyl (C=O) groups excluding carboxylic acids is 1. The fourth-order valence-corrected chi connectivity index (χ4v) is 2.43. The van der Waals surface area contributed by atoms with E-state index in [1.54, 1.807) is 0 Å². The van der Waals surface area contributed by atoms with Crippen LogP contribution in [-0.2, 0) is 6.54 Å². The largest absolute Gasteiger partial charge is 0.370 e. The van der Waals surface area contributed by atoms with Gasteiger partial charge in [-0.25, -0.2) is 4.99 Å². The van der Waals surface area contributed by atoms with E-state index in [2.05, 4.69) is 42.5 Å². The third-order valence-corrected chi connectivity index (χ3v) is 4.24. The zero-order valence-corrected chi connectivity index (χ0v) is 18.5. The van der Waals surface area contributed by atoms with Crippen LogP contribution >= 0.6 is 24.0 Å². The van der Waals surface area contributed by atoms with Gasteiger partial charge in [0.1, 0.15) is 0 Å². The van der Waals surface area contributed by atoms with Gasteiger partial charge in [0.25, 0.3) is 5.91 Å². The molecule has 1 amide bonds. The highest BCUT2D eigenvalue weighted by molar-refractivity contribution is 14.0. The first-order valence-corrected chi connectivity index (χ1v) is 9.01. The van der Waals surface area contributed by atoms with E-state index >= 15 is 0 Å². The molecule has 0 spiro atoms. The number of halogens is 1. The van der Waals surface area contributed by atoms with Crippen LogP contribution < -0.4 is 16.4 Å². The van der Waals surface area contributed by atoms with Gasteiger partial charge in [-0.15, -0.1) is 24.0 Å². The van der Waals surface area contributed by atoms with Gasteiger partial charge >= 0.3 is 0 Å². The Balaban J connectivity index is 0.00000364. The molecule has 4 N–H and O–H groups in total. The molecule has 0 bridgehead atoms. The zero-order valence-electron chi connectivity index (χ0n) is 16.2. The van der Waals surface area contributed by atoms with Gasteiger partial charge in [0.05, 0.1) is 6.54 Å². The summed E-state index contributed by atoms with van der Waals surface area (Å²) in [6.07, 6.45) is 2.06. The standard InChI is InChI=1S/C21H28N4O.HI/c1-4-5-12-23-20(26)18-9-7-17(8-10-18)14-24-21(22)25-19-11-6-15(2)16(3)13-19;/h6-11,13H,4-5,12,14H2,1-3H3,(H,23,26)(H3,22,24,25);1H. The van der Waals surface area contributed by atoms with Crippen LogP contribution in [0.2, 0.25) is 0 Å². The second-order valence-corrected chi connectivity index (χ2v) is 6.43. The van der Waals surface area contributed by atoms with Crippen molar-refractivity contribution in [2.24, 2.45) is 10.7 Å². The quantitative estimate of drug-likeness (QED) is 0.238. The number of nitrogens with one attached hydrogen (secondary N) is 2. The normalized spacial score (nSPS) is 10.9. The van der Waals surface area contributed by atoms with Crippen molar-refractivity contribution < 1.29 is 4.79 Å². The van der Waals surface area contributed by atoms with Crippen LogP contribution in [0.3, 0.4) is 0 Å². The number of amides is 1. The Bertz CT molecular complexity index is 772. The van der Waals surface area contributed by atoms with Crippen molar-refractivity contribution in [2.45, 2.75) is 40.2 Å². The average Bonchev–Trinajstić information content (AvgIpc) is 2.63. The summed E-state index contributed by atoms with van der Waals surface area (Å²) in [6.45, 7) is 7.41. The summed E-state index contributed by atoms with van der Waals surface area (Å²) in [4.78, 5) is 16.3. The first-order valence-electron chi connectivity index (χ1n) is 9.01. The van der Waals surface area contributed by atoms with Gasteiger partial charge in [-0.2, -0.15) is 0 Å². The van der Waals surface area contributed by atoms with Gasteiger partial charge in [0, 0.05) is 17.8 Å². The van der Waals surface area contributed by atoms with E-state index in [0.29, 0.717) is 24.6 Å². The molecule has 2 aromatic carbocycles. The van der Waals surface area contributed by atoms with Crippen molar-refractivity contribution >= 4 is 41.5 Å². The summed E-state index contributed by atoms with van der Waals surface area (Å²) in [5.74, 6) is 0.332. The molecule has 27 heavy (non-hydrogen) atoms. The fourth-order valence-electron chi connectivity index (χ4n) is 2.43. The van der Waals surface area contributed by atoms with Crippen molar-refractivity contribution in [2.75, 3.05) is 11.9 Å². The molecule has 0 fully saturated rings. The number of hydrogen-bond donors (Lipinski definition) is 3. The minimum Gasteiger partial charge on any atom is -0.370 e. The summed E-state index contributed by atoms with van der Waals surface area (Å²) in [7, 11) is 0. The molecule has 2 aromatic rings. The summed E-state index contributed by atoms with van der Waals surface area (Å²) >= 11 is 0. The molecule has 146 valence electrons. The number of nitrogens with zero attached hydrogens (tertiary/aromatic N) is 1. The molecule has 0 heterocycles. The molecule has 0 aliphatic rings. The predicted molar refractivity (Wildman–Crippen MR) is 124 cm³/mol. The number of guanidine groups is 1.